The summed E-state index contributed by atoms with van der Waals surface area (Å²) in [5.41, 5.74) is 1.34. The fourth-order valence-corrected chi connectivity index (χ4v) is 3.21. The molecule has 0 bridgehead atoms. The number of hydrogen-bond donors (Lipinski definition) is 1. The molecule has 2 rings (SSSR count). The molecular formula is C17H27NO2. The molecule has 3 unspecified atom stereocenters. The van der Waals surface area contributed by atoms with Crippen LogP contribution in [0, 0.1) is 5.92 Å². The summed E-state index contributed by atoms with van der Waals surface area (Å²) in [6, 6.07) is 8.32. The summed E-state index contributed by atoms with van der Waals surface area (Å²) in [4.78, 5) is 2.36. The SMILES string of the molecule is COc1ccc(C(C)CN(C)CC2CCCC2O)cc1. The molecule has 0 spiro atoms. The van der Waals surface area contributed by atoms with E-state index in [-0.39, 0.29) is 6.10 Å². The minimum atomic E-state index is -0.0891. The molecule has 3 nitrogen and oxygen atoms in total. The van der Waals surface area contributed by atoms with Crippen molar-refractivity contribution in [3.8, 4) is 5.75 Å². The summed E-state index contributed by atoms with van der Waals surface area (Å²) in [6.45, 7) is 4.28. The number of aliphatic hydroxyl groups excluding tert-OH is 1. The van der Waals surface area contributed by atoms with E-state index in [9.17, 15) is 5.11 Å². The zero-order chi connectivity index (χ0) is 14.5. The van der Waals surface area contributed by atoms with Crippen LogP contribution in [-0.4, -0.2) is 43.4 Å². The molecule has 0 saturated heterocycles. The van der Waals surface area contributed by atoms with E-state index in [0.29, 0.717) is 11.8 Å². The van der Waals surface area contributed by atoms with E-state index in [1.165, 1.54) is 18.4 Å². The summed E-state index contributed by atoms with van der Waals surface area (Å²) < 4.78 is 5.19. The maximum atomic E-state index is 9.91. The number of nitrogens with zero attached hydrogens (tertiary/aromatic N) is 1. The average molecular weight is 277 g/mol. The van der Waals surface area contributed by atoms with Crippen molar-refractivity contribution in [2.45, 2.75) is 38.2 Å². The first-order valence-electron chi connectivity index (χ1n) is 7.60. The van der Waals surface area contributed by atoms with E-state index < -0.39 is 0 Å². The van der Waals surface area contributed by atoms with Crippen molar-refractivity contribution in [1.82, 2.24) is 4.90 Å². The van der Waals surface area contributed by atoms with E-state index in [4.69, 9.17) is 4.74 Å². The fraction of sp³-hybridized carbons (Fsp3) is 0.647. The highest BCUT2D eigenvalue weighted by molar-refractivity contribution is 5.29. The number of rotatable bonds is 6. The van der Waals surface area contributed by atoms with Crippen LogP contribution in [0.2, 0.25) is 0 Å². The molecule has 0 aromatic heterocycles. The molecule has 1 aliphatic carbocycles. The van der Waals surface area contributed by atoms with Crippen LogP contribution in [0.4, 0.5) is 0 Å². The fourth-order valence-electron chi connectivity index (χ4n) is 3.21. The zero-order valence-corrected chi connectivity index (χ0v) is 12.9. The van der Waals surface area contributed by atoms with Gasteiger partial charge in [0.2, 0.25) is 0 Å². The Labute approximate surface area is 122 Å². The number of likely N-dealkylation sites (N-methyl/N-ethyl adjacent to an activating group) is 1. The number of ether oxygens (including phenoxy) is 1. The van der Waals surface area contributed by atoms with Crippen molar-refractivity contribution in [1.29, 1.82) is 0 Å². The molecule has 20 heavy (non-hydrogen) atoms. The summed E-state index contributed by atoms with van der Waals surface area (Å²) in [6.07, 6.45) is 3.23. The summed E-state index contributed by atoms with van der Waals surface area (Å²) in [5, 5.41) is 9.91. The minimum Gasteiger partial charge on any atom is -0.497 e. The van der Waals surface area contributed by atoms with Gasteiger partial charge in [-0.15, -0.1) is 0 Å². The molecule has 3 heteroatoms. The van der Waals surface area contributed by atoms with Gasteiger partial charge in [0.25, 0.3) is 0 Å². The van der Waals surface area contributed by atoms with Crippen LogP contribution < -0.4 is 4.74 Å². The highest BCUT2D eigenvalue weighted by Crippen LogP contribution is 2.27. The standard InChI is InChI=1S/C17H27NO2/c1-13(14-7-9-16(20-3)10-8-14)11-18(2)12-15-5-4-6-17(15)19/h7-10,13,15,17,19H,4-6,11-12H2,1-3H3. The molecule has 1 N–H and O–H groups in total. The van der Waals surface area contributed by atoms with Crippen LogP contribution >= 0.6 is 0 Å². The quantitative estimate of drug-likeness (QED) is 0.868. The zero-order valence-electron chi connectivity index (χ0n) is 12.9. The Morgan fingerprint density at radius 2 is 2.00 bits per heavy atom. The summed E-state index contributed by atoms with van der Waals surface area (Å²) >= 11 is 0. The normalized spacial score (nSPS) is 24.1. The van der Waals surface area contributed by atoms with Gasteiger partial charge in [-0.25, -0.2) is 0 Å². The molecule has 0 heterocycles. The Balaban J connectivity index is 1.84. The van der Waals surface area contributed by atoms with Crippen LogP contribution in [0.5, 0.6) is 5.75 Å². The van der Waals surface area contributed by atoms with Gasteiger partial charge in [-0.1, -0.05) is 25.5 Å². The van der Waals surface area contributed by atoms with Gasteiger partial charge in [0.15, 0.2) is 0 Å². The molecule has 0 amide bonds. The van der Waals surface area contributed by atoms with Crippen molar-refractivity contribution in [2.24, 2.45) is 5.92 Å². The molecule has 112 valence electrons. The number of aliphatic hydroxyl groups is 1. The van der Waals surface area contributed by atoms with Gasteiger partial charge < -0.3 is 14.7 Å². The molecule has 1 aliphatic rings. The second-order valence-electron chi connectivity index (χ2n) is 6.15. The Morgan fingerprint density at radius 3 is 2.55 bits per heavy atom. The second kappa shape index (κ2) is 7.09. The van der Waals surface area contributed by atoms with Crippen LogP contribution in [-0.2, 0) is 0 Å². The van der Waals surface area contributed by atoms with Gasteiger partial charge in [-0.3, -0.25) is 0 Å². The summed E-state index contributed by atoms with van der Waals surface area (Å²) in [5.74, 6) is 1.86. The monoisotopic (exact) mass is 277 g/mol. The topological polar surface area (TPSA) is 32.7 Å². The maximum absolute atomic E-state index is 9.91. The van der Waals surface area contributed by atoms with Crippen LogP contribution in [0.1, 0.15) is 37.7 Å². The van der Waals surface area contributed by atoms with Gasteiger partial charge in [-0.05, 0) is 49.4 Å². The van der Waals surface area contributed by atoms with E-state index in [2.05, 4.69) is 31.0 Å². The lowest BCUT2D eigenvalue weighted by molar-refractivity contribution is 0.108. The molecule has 3 atom stereocenters. The molecular weight excluding hydrogens is 250 g/mol. The lowest BCUT2D eigenvalue weighted by Gasteiger charge is -2.26. The predicted molar refractivity (Wildman–Crippen MR) is 82.3 cm³/mol. The molecule has 0 aliphatic heterocycles. The number of hydrogen-bond acceptors (Lipinski definition) is 3. The molecule has 1 fully saturated rings. The third-order valence-corrected chi connectivity index (χ3v) is 4.44. The lowest BCUT2D eigenvalue weighted by Crippen LogP contribution is -2.32. The number of methoxy groups -OCH3 is 1. The molecule has 1 saturated carbocycles. The first-order chi connectivity index (χ1) is 9.60. The van der Waals surface area contributed by atoms with Crippen molar-refractivity contribution in [2.75, 3.05) is 27.2 Å². The van der Waals surface area contributed by atoms with Crippen LogP contribution in [0.15, 0.2) is 24.3 Å². The first kappa shape index (κ1) is 15.3. The van der Waals surface area contributed by atoms with Crippen LogP contribution in [0.3, 0.4) is 0 Å². The van der Waals surface area contributed by atoms with E-state index in [0.717, 1.165) is 25.3 Å². The summed E-state index contributed by atoms with van der Waals surface area (Å²) in [7, 11) is 3.85. The van der Waals surface area contributed by atoms with Crippen LogP contribution in [0.25, 0.3) is 0 Å². The molecule has 1 aromatic carbocycles. The van der Waals surface area contributed by atoms with E-state index >= 15 is 0 Å². The first-order valence-corrected chi connectivity index (χ1v) is 7.60. The van der Waals surface area contributed by atoms with Crippen molar-refractivity contribution in [3.05, 3.63) is 29.8 Å². The van der Waals surface area contributed by atoms with Crippen molar-refractivity contribution < 1.29 is 9.84 Å². The third kappa shape index (κ3) is 3.97. The minimum absolute atomic E-state index is 0.0891. The van der Waals surface area contributed by atoms with Gasteiger partial charge in [0.1, 0.15) is 5.75 Å². The Kier molecular flexibility index (Phi) is 5.44. The van der Waals surface area contributed by atoms with E-state index in [1.807, 2.05) is 12.1 Å². The van der Waals surface area contributed by atoms with Gasteiger partial charge in [0, 0.05) is 13.1 Å². The largest absolute Gasteiger partial charge is 0.497 e. The predicted octanol–water partition coefficient (Wildman–Crippen LogP) is 2.89. The Morgan fingerprint density at radius 1 is 1.30 bits per heavy atom. The highest BCUT2D eigenvalue weighted by Gasteiger charge is 2.26. The van der Waals surface area contributed by atoms with Gasteiger partial charge >= 0.3 is 0 Å². The third-order valence-electron chi connectivity index (χ3n) is 4.44. The Bertz CT molecular complexity index is 404. The smallest absolute Gasteiger partial charge is 0.118 e. The highest BCUT2D eigenvalue weighted by atomic mass is 16.5. The lowest BCUT2D eigenvalue weighted by atomic mass is 9.99. The maximum Gasteiger partial charge on any atom is 0.118 e. The van der Waals surface area contributed by atoms with Gasteiger partial charge in [0.05, 0.1) is 13.2 Å². The second-order valence-corrected chi connectivity index (χ2v) is 6.15. The van der Waals surface area contributed by atoms with Crippen molar-refractivity contribution >= 4 is 0 Å². The number of benzene rings is 1. The molecule has 0 radical (unpaired) electrons. The van der Waals surface area contributed by atoms with E-state index in [1.54, 1.807) is 7.11 Å². The van der Waals surface area contributed by atoms with Gasteiger partial charge in [-0.2, -0.15) is 0 Å². The average Bonchev–Trinajstić information content (AvgIpc) is 2.84. The molecule has 1 aromatic rings. The Hall–Kier alpha value is -1.06. The van der Waals surface area contributed by atoms with Crippen molar-refractivity contribution in [3.63, 3.8) is 0 Å².